The quantitative estimate of drug-likeness (QED) is 0.394. The van der Waals surface area contributed by atoms with E-state index in [4.69, 9.17) is 4.99 Å². The van der Waals surface area contributed by atoms with Crippen LogP contribution in [0.25, 0.3) is 11.1 Å². The van der Waals surface area contributed by atoms with Crippen molar-refractivity contribution in [3.8, 4) is 16.9 Å². The summed E-state index contributed by atoms with van der Waals surface area (Å²) in [5.41, 5.74) is 6.98. The van der Waals surface area contributed by atoms with Crippen LogP contribution >= 0.6 is 0 Å². The number of nitrogens with zero attached hydrogens (tertiary/aromatic N) is 1. The Morgan fingerprint density at radius 1 is 0.923 bits per heavy atom. The molecule has 0 saturated heterocycles. The molecule has 0 unspecified atom stereocenters. The predicted molar refractivity (Wildman–Crippen MR) is 113 cm³/mol. The summed E-state index contributed by atoms with van der Waals surface area (Å²) in [6, 6.07) is 20.7. The van der Waals surface area contributed by atoms with Gasteiger partial charge in [-0.05, 0) is 34.4 Å². The zero-order chi connectivity index (χ0) is 18.3. The van der Waals surface area contributed by atoms with Gasteiger partial charge >= 0.3 is 0 Å². The van der Waals surface area contributed by atoms with Crippen molar-refractivity contribution in [3.63, 3.8) is 0 Å². The fraction of sp³-hybridized carbons (Fsp3) is 0.174. The lowest BCUT2D eigenvalue weighted by molar-refractivity contribution is 0.474. The lowest BCUT2D eigenvalue weighted by Crippen LogP contribution is -2.37. The molecule has 0 spiro atoms. The molecule has 2 nitrogen and oxygen atoms in total. The Balaban J connectivity index is 1.72. The number of hydrogen-bond acceptors (Lipinski definition) is 2. The highest BCUT2D eigenvalue weighted by Crippen LogP contribution is 2.40. The number of benzene rings is 3. The van der Waals surface area contributed by atoms with Crippen LogP contribution in [0, 0.1) is 0 Å². The van der Waals surface area contributed by atoms with Gasteiger partial charge in [0.1, 0.15) is 5.75 Å². The summed E-state index contributed by atoms with van der Waals surface area (Å²) >= 11 is 0. The van der Waals surface area contributed by atoms with Crippen LogP contribution in [0.1, 0.15) is 16.7 Å². The number of fused-ring (bicyclic) bond motifs is 3. The molecule has 3 heteroatoms. The molecule has 1 aliphatic rings. The molecule has 0 bridgehead atoms. The monoisotopic (exact) mass is 357 g/mol. The zero-order valence-electron chi connectivity index (χ0n) is 15.5. The number of aromatic hydroxyl groups is 1. The molecule has 1 N–H and O–H groups in total. The molecular weight excluding hydrogens is 334 g/mol. The first-order valence-electron chi connectivity index (χ1n) is 9.01. The van der Waals surface area contributed by atoms with Gasteiger partial charge in [-0.15, -0.1) is 0 Å². The van der Waals surface area contributed by atoms with Gasteiger partial charge in [0.2, 0.25) is 0 Å². The molecule has 3 aromatic rings. The molecule has 0 heterocycles. The third-order valence-corrected chi connectivity index (χ3v) is 7.11. The SMILES string of the molecule is C[Si](C)(C)c1ccc(O)c(C=Nc2cccc3c2Cc2ccccc2-3)c1. The van der Waals surface area contributed by atoms with Gasteiger partial charge in [0.25, 0.3) is 0 Å². The van der Waals surface area contributed by atoms with Gasteiger partial charge in [-0.1, -0.05) is 73.4 Å². The standard InChI is InChI=1S/C23H23NOSi/c1-26(2,3)18-11-12-23(25)17(13-18)15-24-22-10-6-9-20-19-8-5-4-7-16(19)14-21(20)22/h4-13,15,25H,14H2,1-3H3. The van der Waals surface area contributed by atoms with Gasteiger partial charge in [0.05, 0.1) is 13.8 Å². The van der Waals surface area contributed by atoms with Crippen molar-refractivity contribution in [2.75, 3.05) is 0 Å². The van der Waals surface area contributed by atoms with Gasteiger partial charge < -0.3 is 5.11 Å². The van der Waals surface area contributed by atoms with E-state index in [0.29, 0.717) is 0 Å². The molecule has 0 radical (unpaired) electrons. The van der Waals surface area contributed by atoms with Gasteiger partial charge in [-0.2, -0.15) is 0 Å². The average Bonchev–Trinajstić information content (AvgIpc) is 2.99. The summed E-state index contributed by atoms with van der Waals surface area (Å²) in [7, 11) is -1.43. The molecule has 26 heavy (non-hydrogen) atoms. The summed E-state index contributed by atoms with van der Waals surface area (Å²) in [4.78, 5) is 4.75. The van der Waals surface area contributed by atoms with Crippen LogP contribution in [0.5, 0.6) is 5.75 Å². The van der Waals surface area contributed by atoms with Crippen LogP contribution in [0.2, 0.25) is 19.6 Å². The number of phenolic OH excluding ortho intramolecular Hbond substituents is 1. The molecule has 0 fully saturated rings. The molecule has 4 rings (SSSR count). The minimum Gasteiger partial charge on any atom is -0.507 e. The highest BCUT2D eigenvalue weighted by Gasteiger charge is 2.20. The second-order valence-electron chi connectivity index (χ2n) is 7.92. The zero-order valence-corrected chi connectivity index (χ0v) is 16.5. The maximum Gasteiger partial charge on any atom is 0.124 e. The van der Waals surface area contributed by atoms with Crippen LogP contribution in [-0.4, -0.2) is 19.4 Å². The average molecular weight is 358 g/mol. The second-order valence-corrected chi connectivity index (χ2v) is 13.0. The van der Waals surface area contributed by atoms with Crippen molar-refractivity contribution in [2.45, 2.75) is 26.1 Å². The fourth-order valence-electron chi connectivity index (χ4n) is 3.52. The third kappa shape index (κ3) is 2.99. The summed E-state index contributed by atoms with van der Waals surface area (Å²) in [5, 5.41) is 11.6. The van der Waals surface area contributed by atoms with Crippen molar-refractivity contribution in [1.29, 1.82) is 0 Å². The maximum absolute atomic E-state index is 10.2. The van der Waals surface area contributed by atoms with Crippen LogP contribution in [0.3, 0.4) is 0 Å². The molecule has 0 atom stereocenters. The van der Waals surface area contributed by atoms with E-state index in [1.165, 1.54) is 27.4 Å². The summed E-state index contributed by atoms with van der Waals surface area (Å²) in [5.74, 6) is 0.284. The summed E-state index contributed by atoms with van der Waals surface area (Å²) < 4.78 is 0. The smallest absolute Gasteiger partial charge is 0.124 e. The Bertz CT molecular complexity index is 1010. The fourth-order valence-corrected chi connectivity index (χ4v) is 4.70. The molecule has 0 aromatic heterocycles. The third-order valence-electron chi connectivity index (χ3n) is 5.06. The molecule has 0 saturated carbocycles. The van der Waals surface area contributed by atoms with Gasteiger partial charge in [0, 0.05) is 18.2 Å². The number of rotatable bonds is 3. The second kappa shape index (κ2) is 6.26. The van der Waals surface area contributed by atoms with Crippen molar-refractivity contribution >= 4 is 25.2 Å². The Morgan fingerprint density at radius 3 is 2.50 bits per heavy atom. The Morgan fingerprint density at radius 2 is 1.69 bits per heavy atom. The molecule has 0 aliphatic heterocycles. The van der Waals surface area contributed by atoms with E-state index in [9.17, 15) is 5.11 Å². The van der Waals surface area contributed by atoms with Gasteiger partial charge in [0.15, 0.2) is 0 Å². The normalized spacial score (nSPS) is 13.0. The molecule has 3 aromatic carbocycles. The Labute approximate surface area is 155 Å². The summed E-state index contributed by atoms with van der Waals surface area (Å²) in [6.45, 7) is 6.92. The van der Waals surface area contributed by atoms with Crippen molar-refractivity contribution < 1.29 is 5.11 Å². The van der Waals surface area contributed by atoms with Crippen LogP contribution in [0.15, 0.2) is 65.7 Å². The van der Waals surface area contributed by atoms with Crippen LogP contribution in [0.4, 0.5) is 5.69 Å². The highest BCUT2D eigenvalue weighted by molar-refractivity contribution is 6.88. The largest absolute Gasteiger partial charge is 0.507 e. The predicted octanol–water partition coefficient (Wildman–Crippen LogP) is 5.26. The summed E-state index contributed by atoms with van der Waals surface area (Å²) in [6.07, 6.45) is 2.72. The van der Waals surface area contributed by atoms with Crippen molar-refractivity contribution in [3.05, 3.63) is 77.4 Å². The van der Waals surface area contributed by atoms with Gasteiger partial charge in [-0.3, -0.25) is 4.99 Å². The van der Waals surface area contributed by atoms with E-state index in [0.717, 1.165) is 17.7 Å². The van der Waals surface area contributed by atoms with E-state index >= 15 is 0 Å². The highest BCUT2D eigenvalue weighted by atomic mass is 28.3. The Kier molecular flexibility index (Phi) is 4.04. The molecular formula is C23H23NOSi. The lowest BCUT2D eigenvalue weighted by Gasteiger charge is -2.17. The van der Waals surface area contributed by atoms with Crippen LogP contribution in [-0.2, 0) is 6.42 Å². The first-order chi connectivity index (χ1) is 12.4. The van der Waals surface area contributed by atoms with E-state index < -0.39 is 8.07 Å². The van der Waals surface area contributed by atoms with Gasteiger partial charge in [-0.25, -0.2) is 0 Å². The van der Waals surface area contributed by atoms with E-state index in [1.807, 2.05) is 6.07 Å². The Hall–Kier alpha value is -2.65. The maximum atomic E-state index is 10.2. The molecule has 130 valence electrons. The first-order valence-corrected chi connectivity index (χ1v) is 12.5. The molecule has 0 amide bonds. The van der Waals surface area contributed by atoms with Crippen molar-refractivity contribution in [1.82, 2.24) is 0 Å². The number of phenols is 1. The minimum absolute atomic E-state index is 0.284. The van der Waals surface area contributed by atoms with E-state index in [-0.39, 0.29) is 5.75 Å². The van der Waals surface area contributed by atoms with E-state index in [1.54, 1.807) is 12.3 Å². The first kappa shape index (κ1) is 16.8. The number of aliphatic imine (C=N–C) groups is 1. The van der Waals surface area contributed by atoms with E-state index in [2.05, 4.69) is 68.2 Å². The minimum atomic E-state index is -1.43. The number of hydrogen-bond donors (Lipinski definition) is 1. The molecule has 1 aliphatic carbocycles. The lowest BCUT2D eigenvalue weighted by atomic mass is 10.1. The topological polar surface area (TPSA) is 32.6 Å². The van der Waals surface area contributed by atoms with Crippen LogP contribution < -0.4 is 5.19 Å². The van der Waals surface area contributed by atoms with Crippen molar-refractivity contribution in [2.24, 2.45) is 4.99 Å².